The third kappa shape index (κ3) is 2.02. The summed E-state index contributed by atoms with van der Waals surface area (Å²) in [6, 6.07) is 1.01. The van der Waals surface area contributed by atoms with Crippen LogP contribution < -0.4 is 5.32 Å². The van der Waals surface area contributed by atoms with Crippen LogP contribution in [0, 0.1) is 0 Å². The zero-order chi connectivity index (χ0) is 10.7. The van der Waals surface area contributed by atoms with Gasteiger partial charge in [0.05, 0.1) is 5.02 Å². The molecule has 0 atom stereocenters. The largest absolute Gasteiger partial charge is 0.506 e. The summed E-state index contributed by atoms with van der Waals surface area (Å²) in [6.07, 6.45) is 0.434. The molecule has 0 fully saturated rings. The number of aromatic hydroxyl groups is 3. The molecular weight excluding hydrogens is 206 g/mol. The summed E-state index contributed by atoms with van der Waals surface area (Å²) in [6.45, 7) is 0.593. The van der Waals surface area contributed by atoms with Crippen LogP contribution in [-0.2, 0) is 6.42 Å². The molecule has 78 valence electrons. The van der Waals surface area contributed by atoms with Crippen LogP contribution in [0.2, 0.25) is 5.02 Å². The molecule has 0 saturated carbocycles. The van der Waals surface area contributed by atoms with E-state index in [9.17, 15) is 15.3 Å². The van der Waals surface area contributed by atoms with Gasteiger partial charge in [-0.1, -0.05) is 11.6 Å². The first-order valence-electron chi connectivity index (χ1n) is 4.14. The van der Waals surface area contributed by atoms with Crippen LogP contribution in [0.25, 0.3) is 0 Å². The van der Waals surface area contributed by atoms with Crippen LogP contribution in [0.1, 0.15) is 5.56 Å². The maximum atomic E-state index is 9.46. The highest BCUT2D eigenvalue weighted by atomic mass is 35.5. The minimum Gasteiger partial charge on any atom is -0.506 e. The van der Waals surface area contributed by atoms with Crippen molar-refractivity contribution in [2.45, 2.75) is 6.42 Å². The fraction of sp³-hybridized carbons (Fsp3) is 0.333. The monoisotopic (exact) mass is 217 g/mol. The normalized spacial score (nSPS) is 10.4. The molecule has 4 N–H and O–H groups in total. The predicted octanol–water partition coefficient (Wildman–Crippen LogP) is 1.22. The Bertz CT molecular complexity index is 315. The van der Waals surface area contributed by atoms with Crippen molar-refractivity contribution < 1.29 is 15.3 Å². The van der Waals surface area contributed by atoms with Crippen LogP contribution >= 0.6 is 11.6 Å². The van der Waals surface area contributed by atoms with Gasteiger partial charge in [-0.2, -0.15) is 0 Å². The molecule has 5 heteroatoms. The lowest BCUT2D eigenvalue weighted by Gasteiger charge is -2.09. The molecule has 0 heterocycles. The molecule has 0 bridgehead atoms. The van der Waals surface area contributed by atoms with Gasteiger partial charge in [0.25, 0.3) is 0 Å². The van der Waals surface area contributed by atoms with Gasteiger partial charge in [-0.15, -0.1) is 0 Å². The Morgan fingerprint density at radius 2 is 1.93 bits per heavy atom. The summed E-state index contributed by atoms with van der Waals surface area (Å²) in [5.41, 5.74) is 0.346. The van der Waals surface area contributed by atoms with E-state index in [-0.39, 0.29) is 22.3 Å². The van der Waals surface area contributed by atoms with Crippen LogP contribution in [0.5, 0.6) is 17.2 Å². The van der Waals surface area contributed by atoms with Crippen LogP contribution in [0.15, 0.2) is 6.07 Å². The van der Waals surface area contributed by atoms with Crippen molar-refractivity contribution in [2.75, 3.05) is 13.6 Å². The minimum atomic E-state index is -0.363. The lowest BCUT2D eigenvalue weighted by atomic mass is 10.1. The molecule has 0 spiro atoms. The Morgan fingerprint density at radius 3 is 2.50 bits per heavy atom. The Balaban J connectivity index is 3.11. The van der Waals surface area contributed by atoms with Crippen molar-refractivity contribution in [1.29, 1.82) is 0 Å². The summed E-state index contributed by atoms with van der Waals surface area (Å²) in [4.78, 5) is 0. The van der Waals surface area contributed by atoms with Crippen LogP contribution in [0.3, 0.4) is 0 Å². The highest BCUT2D eigenvalue weighted by Crippen LogP contribution is 2.40. The van der Waals surface area contributed by atoms with Gasteiger partial charge >= 0.3 is 0 Å². The van der Waals surface area contributed by atoms with Crippen molar-refractivity contribution in [3.05, 3.63) is 16.7 Å². The van der Waals surface area contributed by atoms with Gasteiger partial charge < -0.3 is 20.6 Å². The van der Waals surface area contributed by atoms with Gasteiger partial charge in [0.15, 0.2) is 11.5 Å². The molecule has 1 rings (SSSR count). The van der Waals surface area contributed by atoms with E-state index in [1.807, 2.05) is 0 Å². The maximum absolute atomic E-state index is 9.46. The van der Waals surface area contributed by atoms with Gasteiger partial charge in [0.2, 0.25) is 0 Å². The minimum absolute atomic E-state index is 0.0792. The first-order valence-corrected chi connectivity index (χ1v) is 4.52. The molecule has 0 aliphatic rings. The van der Waals surface area contributed by atoms with Gasteiger partial charge in [-0.25, -0.2) is 0 Å². The smallest absolute Gasteiger partial charge is 0.162 e. The number of benzene rings is 1. The highest BCUT2D eigenvalue weighted by Gasteiger charge is 2.14. The van der Waals surface area contributed by atoms with E-state index >= 15 is 0 Å². The second-order valence-electron chi connectivity index (χ2n) is 2.91. The number of nitrogens with one attached hydrogen (secondary N) is 1. The summed E-state index contributed by atoms with van der Waals surface area (Å²) in [5.74, 6) is -0.867. The molecule has 4 nitrogen and oxygen atoms in total. The molecule has 1 aromatic rings. The first-order chi connectivity index (χ1) is 6.57. The van der Waals surface area contributed by atoms with Gasteiger partial charge in [-0.05, 0) is 20.0 Å². The molecule has 1 aromatic carbocycles. The number of rotatable bonds is 3. The van der Waals surface area contributed by atoms with Gasteiger partial charge in [0, 0.05) is 11.6 Å². The molecule has 14 heavy (non-hydrogen) atoms. The average molecular weight is 218 g/mol. The van der Waals surface area contributed by atoms with Gasteiger partial charge in [0.1, 0.15) is 5.75 Å². The molecule has 0 aliphatic carbocycles. The second kappa shape index (κ2) is 4.39. The third-order valence-corrected chi connectivity index (χ3v) is 2.34. The van der Waals surface area contributed by atoms with Crippen LogP contribution in [0.4, 0.5) is 0 Å². The number of phenols is 3. The SMILES string of the molecule is CNCCc1c(O)c(O)cc(O)c1Cl. The molecule has 0 radical (unpaired) electrons. The Kier molecular flexibility index (Phi) is 3.43. The Hall–Kier alpha value is -1.13. The van der Waals surface area contributed by atoms with Crippen LogP contribution in [-0.4, -0.2) is 28.9 Å². The zero-order valence-electron chi connectivity index (χ0n) is 7.71. The molecular formula is C9H12ClNO3. The molecule has 0 saturated heterocycles. The fourth-order valence-corrected chi connectivity index (χ4v) is 1.39. The predicted molar refractivity (Wildman–Crippen MR) is 54.1 cm³/mol. The molecule has 0 aliphatic heterocycles. The van der Waals surface area contributed by atoms with E-state index in [0.717, 1.165) is 6.07 Å². The maximum Gasteiger partial charge on any atom is 0.162 e. The standard InChI is InChI=1S/C9H12ClNO3/c1-11-3-2-5-8(10)6(12)4-7(13)9(5)14/h4,11-14H,2-3H2,1H3. The highest BCUT2D eigenvalue weighted by molar-refractivity contribution is 6.33. The van der Waals surface area contributed by atoms with Crippen molar-refractivity contribution in [1.82, 2.24) is 5.32 Å². The number of hydrogen-bond acceptors (Lipinski definition) is 4. The van der Waals surface area contributed by atoms with E-state index in [0.29, 0.717) is 18.5 Å². The topological polar surface area (TPSA) is 72.7 Å². The molecule has 0 amide bonds. The number of phenolic OH excluding ortho intramolecular Hbond substituents is 3. The second-order valence-corrected chi connectivity index (χ2v) is 3.29. The molecule has 0 aromatic heterocycles. The zero-order valence-corrected chi connectivity index (χ0v) is 8.47. The van der Waals surface area contributed by atoms with Crippen molar-refractivity contribution in [3.63, 3.8) is 0 Å². The lowest BCUT2D eigenvalue weighted by molar-refractivity contribution is 0.391. The summed E-state index contributed by atoms with van der Waals surface area (Å²) < 4.78 is 0. The van der Waals surface area contributed by atoms with E-state index in [1.165, 1.54) is 0 Å². The summed E-state index contributed by atoms with van der Waals surface area (Å²) in [7, 11) is 1.76. The Morgan fingerprint density at radius 1 is 1.29 bits per heavy atom. The van der Waals surface area contributed by atoms with Crippen molar-refractivity contribution in [2.24, 2.45) is 0 Å². The number of hydrogen-bond donors (Lipinski definition) is 4. The Labute approximate surface area is 86.8 Å². The number of halogens is 1. The summed E-state index contributed by atoms with van der Waals surface area (Å²) >= 11 is 5.76. The van der Waals surface area contributed by atoms with E-state index in [4.69, 9.17) is 11.6 Å². The van der Waals surface area contributed by atoms with Crippen molar-refractivity contribution in [3.8, 4) is 17.2 Å². The quantitative estimate of drug-likeness (QED) is 0.454. The fourth-order valence-electron chi connectivity index (χ4n) is 1.15. The average Bonchev–Trinajstić information content (AvgIpc) is 2.15. The number of likely N-dealkylation sites (N-methyl/N-ethyl adjacent to an activating group) is 1. The first kappa shape index (κ1) is 10.9. The lowest BCUT2D eigenvalue weighted by Crippen LogP contribution is -2.10. The van der Waals surface area contributed by atoms with E-state index in [1.54, 1.807) is 7.05 Å². The third-order valence-electron chi connectivity index (χ3n) is 1.92. The molecule has 0 unspecified atom stereocenters. The van der Waals surface area contributed by atoms with E-state index < -0.39 is 0 Å². The summed E-state index contributed by atoms with van der Waals surface area (Å²) in [5, 5.41) is 30.9. The van der Waals surface area contributed by atoms with E-state index in [2.05, 4.69) is 5.32 Å². The van der Waals surface area contributed by atoms with Crippen molar-refractivity contribution >= 4 is 11.6 Å². The van der Waals surface area contributed by atoms with Gasteiger partial charge in [-0.3, -0.25) is 0 Å².